The number of nitrogens with zero attached hydrogens (tertiary/aromatic N) is 1. The maximum Gasteiger partial charge on any atom is 0.345 e. The molecule has 0 bridgehead atoms. The minimum Gasteiger partial charge on any atom is -0.349 e. The van der Waals surface area contributed by atoms with Crippen LogP contribution < -0.4 is 11.1 Å². The van der Waals surface area contributed by atoms with Crippen molar-refractivity contribution in [3.8, 4) is 0 Å². The molecular weight excluding hydrogens is 402 g/mol. The van der Waals surface area contributed by atoms with Crippen molar-refractivity contribution in [1.29, 1.82) is 0 Å². The number of fused-ring (bicyclic) bond motifs is 1. The zero-order chi connectivity index (χ0) is 21.4. The summed E-state index contributed by atoms with van der Waals surface area (Å²) < 4.78 is 57.2. The van der Waals surface area contributed by atoms with E-state index in [0.29, 0.717) is 12.5 Å². The van der Waals surface area contributed by atoms with E-state index in [-0.39, 0.29) is 18.7 Å². The lowest BCUT2D eigenvalue weighted by molar-refractivity contribution is -0.201. The minimum atomic E-state index is -2.93. The fraction of sp³-hybridized carbons (Fsp3) is 0.381. The fourth-order valence-corrected chi connectivity index (χ4v) is 4.17. The predicted molar refractivity (Wildman–Crippen MR) is 101 cm³/mol. The molecule has 1 aliphatic heterocycles. The second kappa shape index (κ2) is 8.33. The number of nitrogens with two attached hydrogens (primary N) is 1. The molecule has 9 heteroatoms. The second-order valence-electron chi connectivity index (χ2n) is 7.58. The first kappa shape index (κ1) is 20.8. The van der Waals surface area contributed by atoms with Gasteiger partial charge in [0.25, 0.3) is 0 Å². The van der Waals surface area contributed by atoms with Gasteiger partial charge in [0, 0.05) is 24.7 Å². The Balaban J connectivity index is 1.53. The summed E-state index contributed by atoms with van der Waals surface area (Å²) in [6.45, 7) is -2.88. The molecule has 2 aromatic carbocycles. The van der Waals surface area contributed by atoms with Gasteiger partial charge in [-0.25, -0.2) is 8.78 Å². The highest BCUT2D eigenvalue weighted by atomic mass is 19.3. The summed E-state index contributed by atoms with van der Waals surface area (Å²) in [5.41, 5.74) is 8.19. The summed E-state index contributed by atoms with van der Waals surface area (Å²) in [5, 5.41) is 2.87. The molecule has 2 aromatic rings. The van der Waals surface area contributed by atoms with Crippen molar-refractivity contribution < 1.29 is 27.1 Å². The molecule has 1 unspecified atom stereocenters. The zero-order valence-electron chi connectivity index (χ0n) is 15.9. The Morgan fingerprint density at radius 3 is 2.57 bits per heavy atom. The Bertz CT molecular complexity index is 936. The van der Waals surface area contributed by atoms with Crippen LogP contribution in [0.2, 0.25) is 0 Å². The molecule has 1 fully saturated rings. The number of benzene rings is 2. The third kappa shape index (κ3) is 4.05. The summed E-state index contributed by atoms with van der Waals surface area (Å²) in [6, 6.07) is 8.59. The Labute approximate surface area is 170 Å². The van der Waals surface area contributed by atoms with Crippen molar-refractivity contribution in [1.82, 2.24) is 10.2 Å². The van der Waals surface area contributed by atoms with Gasteiger partial charge in [0.05, 0.1) is 18.2 Å². The van der Waals surface area contributed by atoms with E-state index < -0.39 is 48.4 Å². The first-order valence-electron chi connectivity index (χ1n) is 9.60. The van der Waals surface area contributed by atoms with Gasteiger partial charge in [-0.3, -0.25) is 9.69 Å². The van der Waals surface area contributed by atoms with Gasteiger partial charge in [-0.2, -0.15) is 8.78 Å². The number of ether oxygens (including phenoxy) is 1. The van der Waals surface area contributed by atoms with E-state index in [0.717, 1.165) is 17.2 Å². The lowest BCUT2D eigenvalue weighted by Crippen LogP contribution is -2.58. The highest BCUT2D eigenvalue weighted by molar-refractivity contribution is 5.84. The van der Waals surface area contributed by atoms with Crippen LogP contribution in [-0.4, -0.2) is 42.7 Å². The molecule has 0 aromatic heterocycles. The van der Waals surface area contributed by atoms with Crippen LogP contribution in [0.5, 0.6) is 0 Å². The van der Waals surface area contributed by atoms with Gasteiger partial charge in [-0.05, 0) is 23.6 Å². The average molecular weight is 423 g/mol. The highest BCUT2D eigenvalue weighted by Gasteiger charge is 2.41. The molecule has 2 aliphatic rings. The van der Waals surface area contributed by atoms with Gasteiger partial charge in [0.15, 0.2) is 0 Å². The molecule has 0 saturated carbocycles. The Morgan fingerprint density at radius 2 is 1.90 bits per heavy atom. The fourth-order valence-electron chi connectivity index (χ4n) is 4.17. The standard InChI is InChI=1S/C21H21F4N3O2/c22-12-5-6-15(16(23)8-12)19(28-9-13(10-28)30-21(24)25)20(29)27-17-7-11-3-1-2-4-14(11)18(17)26/h1-6,8,13,17-19,21H,7,9-10,26H2,(H,27,29)/t17-,18-,19?/m0/s1. The molecule has 5 nitrogen and oxygen atoms in total. The molecule has 160 valence electrons. The molecular formula is C21H21F4N3O2. The molecule has 1 aliphatic carbocycles. The Morgan fingerprint density at radius 1 is 1.17 bits per heavy atom. The average Bonchev–Trinajstić information content (AvgIpc) is 2.97. The number of likely N-dealkylation sites (tertiary alicyclic amines) is 1. The summed E-state index contributed by atoms with van der Waals surface area (Å²) >= 11 is 0. The Kier molecular flexibility index (Phi) is 5.77. The van der Waals surface area contributed by atoms with E-state index >= 15 is 0 Å². The molecule has 0 spiro atoms. The monoisotopic (exact) mass is 423 g/mol. The van der Waals surface area contributed by atoms with E-state index in [1.54, 1.807) is 0 Å². The van der Waals surface area contributed by atoms with Gasteiger partial charge in [-0.15, -0.1) is 0 Å². The van der Waals surface area contributed by atoms with E-state index in [1.165, 1.54) is 11.0 Å². The Hall–Kier alpha value is -2.49. The first-order valence-corrected chi connectivity index (χ1v) is 9.60. The quantitative estimate of drug-likeness (QED) is 0.702. The van der Waals surface area contributed by atoms with Gasteiger partial charge < -0.3 is 15.8 Å². The molecule has 30 heavy (non-hydrogen) atoms. The van der Waals surface area contributed by atoms with Crippen molar-refractivity contribution in [3.63, 3.8) is 0 Å². The lowest BCUT2D eigenvalue weighted by atomic mass is 9.98. The van der Waals surface area contributed by atoms with Crippen molar-refractivity contribution in [2.75, 3.05) is 13.1 Å². The predicted octanol–water partition coefficient (Wildman–Crippen LogP) is 2.67. The SMILES string of the molecule is N[C@H]1c2ccccc2C[C@@H]1NC(=O)C(c1ccc(F)cc1F)N1CC(OC(F)F)C1. The number of hydrogen-bond acceptors (Lipinski definition) is 4. The van der Waals surface area contributed by atoms with E-state index in [4.69, 9.17) is 5.73 Å². The third-order valence-corrected chi connectivity index (χ3v) is 5.66. The maximum atomic E-state index is 14.5. The van der Waals surface area contributed by atoms with E-state index in [1.807, 2.05) is 24.3 Å². The zero-order valence-corrected chi connectivity index (χ0v) is 15.9. The highest BCUT2D eigenvalue weighted by Crippen LogP contribution is 2.33. The normalized spacial score (nSPS) is 22.6. The van der Waals surface area contributed by atoms with Gasteiger partial charge in [-0.1, -0.05) is 30.3 Å². The lowest BCUT2D eigenvalue weighted by Gasteiger charge is -2.43. The summed E-state index contributed by atoms with van der Waals surface area (Å²) in [7, 11) is 0. The molecule has 3 N–H and O–H groups in total. The van der Waals surface area contributed by atoms with Crippen LogP contribution in [0.4, 0.5) is 17.6 Å². The summed E-state index contributed by atoms with van der Waals surface area (Å²) in [4.78, 5) is 14.7. The molecule has 0 radical (unpaired) electrons. The number of halogens is 4. The van der Waals surface area contributed by atoms with Gasteiger partial charge in [0.2, 0.25) is 5.91 Å². The van der Waals surface area contributed by atoms with Crippen LogP contribution in [-0.2, 0) is 16.0 Å². The first-order chi connectivity index (χ1) is 14.3. The number of carbonyl (C=O) groups is 1. The van der Waals surface area contributed by atoms with Gasteiger partial charge in [0.1, 0.15) is 17.7 Å². The number of hydrogen-bond donors (Lipinski definition) is 2. The maximum absolute atomic E-state index is 14.5. The topological polar surface area (TPSA) is 67.6 Å². The number of amides is 1. The third-order valence-electron chi connectivity index (χ3n) is 5.66. The van der Waals surface area contributed by atoms with Crippen molar-refractivity contribution in [3.05, 3.63) is 70.8 Å². The van der Waals surface area contributed by atoms with Crippen LogP contribution in [0, 0.1) is 11.6 Å². The number of nitrogens with one attached hydrogen (secondary N) is 1. The second-order valence-corrected chi connectivity index (χ2v) is 7.58. The molecule has 4 rings (SSSR count). The number of carbonyl (C=O) groups excluding carboxylic acids is 1. The minimum absolute atomic E-state index is 0.0240. The van der Waals surface area contributed by atoms with Gasteiger partial charge >= 0.3 is 6.61 Å². The number of rotatable bonds is 6. The van der Waals surface area contributed by atoms with Crippen LogP contribution in [0.15, 0.2) is 42.5 Å². The van der Waals surface area contributed by atoms with Crippen LogP contribution in [0.3, 0.4) is 0 Å². The van der Waals surface area contributed by atoms with Crippen molar-refractivity contribution in [2.24, 2.45) is 5.73 Å². The van der Waals surface area contributed by atoms with Crippen molar-refractivity contribution in [2.45, 2.75) is 37.3 Å². The van der Waals surface area contributed by atoms with E-state index in [2.05, 4.69) is 10.1 Å². The van der Waals surface area contributed by atoms with Crippen LogP contribution in [0.25, 0.3) is 0 Å². The molecule has 3 atom stereocenters. The molecule has 1 heterocycles. The van der Waals surface area contributed by atoms with Crippen LogP contribution >= 0.6 is 0 Å². The van der Waals surface area contributed by atoms with E-state index in [9.17, 15) is 22.4 Å². The summed E-state index contributed by atoms with van der Waals surface area (Å²) in [5.74, 6) is -2.18. The summed E-state index contributed by atoms with van der Waals surface area (Å²) in [6.07, 6.45) is -0.236. The largest absolute Gasteiger partial charge is 0.349 e. The van der Waals surface area contributed by atoms with Crippen LogP contribution in [0.1, 0.15) is 28.8 Å². The van der Waals surface area contributed by atoms with Crippen molar-refractivity contribution >= 4 is 5.91 Å². The molecule has 1 amide bonds. The number of alkyl halides is 2. The smallest absolute Gasteiger partial charge is 0.345 e. The molecule has 1 saturated heterocycles.